The maximum absolute atomic E-state index is 11.5. The van der Waals surface area contributed by atoms with E-state index in [2.05, 4.69) is 14.8 Å². The van der Waals surface area contributed by atoms with Crippen LogP contribution >= 0.6 is 0 Å². The predicted molar refractivity (Wildman–Crippen MR) is 70.4 cm³/mol. The van der Waals surface area contributed by atoms with Crippen LogP contribution in [0.4, 0.5) is 0 Å². The van der Waals surface area contributed by atoms with Gasteiger partial charge in [-0.2, -0.15) is 17.9 Å². The van der Waals surface area contributed by atoms with Crippen molar-refractivity contribution < 1.29 is 21.6 Å². The summed E-state index contributed by atoms with van der Waals surface area (Å²) < 4.78 is 49.5. The summed E-state index contributed by atoms with van der Waals surface area (Å²) in [6.07, 6.45) is 0.366. The molecule has 1 aliphatic rings. The van der Waals surface area contributed by atoms with Gasteiger partial charge < -0.3 is 5.32 Å². The van der Waals surface area contributed by atoms with E-state index in [9.17, 15) is 21.6 Å². The average molecular weight is 313 g/mol. The smallest absolute Gasteiger partial charge is 0.277 e. The largest absolute Gasteiger partial charge is 0.351 e. The van der Waals surface area contributed by atoms with Crippen molar-refractivity contribution in [2.45, 2.75) is 32.4 Å². The van der Waals surface area contributed by atoms with Gasteiger partial charge in [0.25, 0.3) is 10.2 Å². The zero-order valence-electron chi connectivity index (χ0n) is 10.8. The van der Waals surface area contributed by atoms with Gasteiger partial charge in [0.2, 0.25) is 5.91 Å². The lowest BCUT2D eigenvalue weighted by Gasteiger charge is -2.13. The minimum atomic E-state index is -3.71. The highest BCUT2D eigenvalue weighted by Crippen LogP contribution is 2.10. The number of amides is 1. The summed E-state index contributed by atoms with van der Waals surface area (Å²) in [5.74, 6) is -0.579. The molecule has 0 aliphatic carbocycles. The fraction of sp³-hybridized carbons (Fsp3) is 0.889. The standard InChI is InChI=1S/C9H19N3O5S2/c1-7(2)12-19(16,17)10-5-9(13)11-8-3-4-18(14,15)6-8/h7-8,10,12H,3-6H2,1-2H3,(H,11,13). The zero-order chi connectivity index (χ0) is 14.7. The summed E-state index contributed by atoms with van der Waals surface area (Å²) in [7, 11) is -6.78. The molecule has 1 fully saturated rings. The lowest BCUT2D eigenvalue weighted by molar-refractivity contribution is -0.120. The molecular formula is C9H19N3O5S2. The number of sulfone groups is 1. The van der Waals surface area contributed by atoms with Gasteiger partial charge >= 0.3 is 0 Å². The quantitative estimate of drug-likeness (QED) is 0.530. The highest BCUT2D eigenvalue weighted by Gasteiger charge is 2.29. The van der Waals surface area contributed by atoms with E-state index in [1.807, 2.05) is 0 Å². The minimum Gasteiger partial charge on any atom is -0.351 e. The summed E-state index contributed by atoms with van der Waals surface area (Å²) in [6.45, 7) is 2.89. The Morgan fingerprint density at radius 1 is 1.37 bits per heavy atom. The Morgan fingerprint density at radius 3 is 2.47 bits per heavy atom. The normalized spacial score (nSPS) is 22.6. The summed E-state index contributed by atoms with van der Waals surface area (Å²) in [4.78, 5) is 11.5. The Hall–Kier alpha value is -0.710. The second-order valence-corrected chi connectivity index (χ2v) is 8.52. The molecule has 1 unspecified atom stereocenters. The van der Waals surface area contributed by atoms with E-state index in [0.717, 1.165) is 0 Å². The van der Waals surface area contributed by atoms with Gasteiger partial charge in [-0.25, -0.2) is 8.42 Å². The maximum Gasteiger partial charge on any atom is 0.277 e. The van der Waals surface area contributed by atoms with Crippen LogP contribution in [0.5, 0.6) is 0 Å². The minimum absolute atomic E-state index is 0.0541. The highest BCUT2D eigenvalue weighted by molar-refractivity contribution is 7.91. The SMILES string of the molecule is CC(C)NS(=O)(=O)NCC(=O)NC1CCS(=O)(=O)C1. The molecule has 8 nitrogen and oxygen atoms in total. The van der Waals surface area contributed by atoms with Gasteiger partial charge in [0.15, 0.2) is 9.84 Å². The van der Waals surface area contributed by atoms with E-state index >= 15 is 0 Å². The molecule has 1 rings (SSSR count). The predicted octanol–water partition coefficient (Wildman–Crippen LogP) is -1.88. The molecule has 1 aliphatic heterocycles. The summed E-state index contributed by atoms with van der Waals surface area (Å²) >= 11 is 0. The van der Waals surface area contributed by atoms with E-state index < -0.39 is 38.5 Å². The Balaban J connectivity index is 2.37. The number of carbonyl (C=O) groups is 1. The van der Waals surface area contributed by atoms with Gasteiger partial charge in [-0.1, -0.05) is 0 Å². The first-order chi connectivity index (χ1) is 8.60. The third kappa shape index (κ3) is 6.32. The molecule has 0 spiro atoms. The highest BCUT2D eigenvalue weighted by atomic mass is 32.2. The number of nitrogens with one attached hydrogen (secondary N) is 3. The number of carbonyl (C=O) groups excluding carboxylic acids is 1. The fourth-order valence-electron chi connectivity index (χ4n) is 1.70. The summed E-state index contributed by atoms with van der Waals surface area (Å²) in [5.41, 5.74) is 0. The topological polar surface area (TPSA) is 121 Å². The molecule has 1 amide bonds. The van der Waals surface area contributed by atoms with Crippen LogP contribution in [-0.2, 0) is 24.8 Å². The van der Waals surface area contributed by atoms with Crippen molar-refractivity contribution in [3.8, 4) is 0 Å². The van der Waals surface area contributed by atoms with Crippen LogP contribution in [0.1, 0.15) is 20.3 Å². The molecular weight excluding hydrogens is 294 g/mol. The van der Waals surface area contributed by atoms with Gasteiger partial charge in [-0.15, -0.1) is 0 Å². The Morgan fingerprint density at radius 2 is 2.00 bits per heavy atom. The van der Waals surface area contributed by atoms with E-state index in [1.165, 1.54) is 0 Å². The molecule has 1 saturated heterocycles. The Kier molecular flexibility index (Phi) is 5.30. The monoisotopic (exact) mass is 313 g/mol. The lowest BCUT2D eigenvalue weighted by atomic mass is 10.2. The average Bonchev–Trinajstić information content (AvgIpc) is 2.53. The fourth-order valence-corrected chi connectivity index (χ4v) is 4.40. The van der Waals surface area contributed by atoms with Crippen molar-refractivity contribution >= 4 is 26.0 Å². The first kappa shape index (κ1) is 16.3. The van der Waals surface area contributed by atoms with Crippen LogP contribution in [0.25, 0.3) is 0 Å². The third-order valence-electron chi connectivity index (χ3n) is 2.41. The Labute approximate surface area is 113 Å². The van der Waals surface area contributed by atoms with Crippen molar-refractivity contribution in [1.82, 2.24) is 14.8 Å². The molecule has 10 heteroatoms. The molecule has 0 aromatic rings. The zero-order valence-corrected chi connectivity index (χ0v) is 12.5. The molecule has 19 heavy (non-hydrogen) atoms. The number of hydrogen-bond donors (Lipinski definition) is 3. The van der Waals surface area contributed by atoms with Gasteiger partial charge in [0.1, 0.15) is 0 Å². The second-order valence-electron chi connectivity index (χ2n) is 4.76. The number of hydrogen-bond acceptors (Lipinski definition) is 5. The molecule has 0 radical (unpaired) electrons. The molecule has 1 atom stereocenters. The van der Waals surface area contributed by atoms with Crippen molar-refractivity contribution in [2.75, 3.05) is 18.1 Å². The van der Waals surface area contributed by atoms with Gasteiger partial charge in [0, 0.05) is 12.1 Å². The van der Waals surface area contributed by atoms with Crippen molar-refractivity contribution in [2.24, 2.45) is 0 Å². The first-order valence-corrected chi connectivity index (χ1v) is 9.17. The Bertz CT molecular complexity index is 526. The molecule has 1 heterocycles. The van der Waals surface area contributed by atoms with Gasteiger partial charge in [-0.05, 0) is 20.3 Å². The second kappa shape index (κ2) is 6.16. The van der Waals surface area contributed by atoms with Crippen molar-refractivity contribution in [1.29, 1.82) is 0 Å². The van der Waals surface area contributed by atoms with Crippen LogP contribution in [0, 0.1) is 0 Å². The molecule has 0 saturated carbocycles. The van der Waals surface area contributed by atoms with Crippen LogP contribution in [0.15, 0.2) is 0 Å². The van der Waals surface area contributed by atoms with E-state index in [4.69, 9.17) is 0 Å². The van der Waals surface area contributed by atoms with E-state index in [1.54, 1.807) is 13.8 Å². The molecule has 3 N–H and O–H groups in total. The summed E-state index contributed by atoms with van der Waals surface area (Å²) in [6, 6.07) is -0.708. The van der Waals surface area contributed by atoms with Crippen LogP contribution in [0.2, 0.25) is 0 Å². The lowest BCUT2D eigenvalue weighted by Crippen LogP contribution is -2.46. The molecule has 112 valence electrons. The first-order valence-electron chi connectivity index (χ1n) is 5.86. The van der Waals surface area contributed by atoms with E-state index in [0.29, 0.717) is 6.42 Å². The maximum atomic E-state index is 11.5. The molecule has 0 bridgehead atoms. The third-order valence-corrected chi connectivity index (χ3v) is 5.49. The van der Waals surface area contributed by atoms with Crippen LogP contribution < -0.4 is 14.8 Å². The summed E-state index contributed by atoms with van der Waals surface area (Å²) in [5, 5.41) is 2.49. The van der Waals surface area contributed by atoms with Crippen molar-refractivity contribution in [3.05, 3.63) is 0 Å². The van der Waals surface area contributed by atoms with Gasteiger partial charge in [-0.3, -0.25) is 4.79 Å². The van der Waals surface area contributed by atoms with Crippen LogP contribution in [-0.4, -0.2) is 52.9 Å². The molecule has 0 aromatic heterocycles. The van der Waals surface area contributed by atoms with Crippen LogP contribution in [0.3, 0.4) is 0 Å². The number of rotatable bonds is 6. The molecule has 0 aromatic carbocycles. The van der Waals surface area contributed by atoms with Gasteiger partial charge in [0.05, 0.1) is 18.1 Å². The van der Waals surface area contributed by atoms with E-state index in [-0.39, 0.29) is 17.5 Å². The van der Waals surface area contributed by atoms with Crippen molar-refractivity contribution in [3.63, 3.8) is 0 Å².